The van der Waals surface area contributed by atoms with E-state index in [4.69, 9.17) is 4.74 Å². The van der Waals surface area contributed by atoms with Crippen molar-refractivity contribution >= 4 is 5.69 Å². The molecular weight excluding hydrogens is 234 g/mol. The zero-order chi connectivity index (χ0) is 13.9. The van der Waals surface area contributed by atoms with Crippen LogP contribution in [0, 0.1) is 23.0 Å². The van der Waals surface area contributed by atoms with E-state index in [1.165, 1.54) is 12.1 Å². The van der Waals surface area contributed by atoms with Gasteiger partial charge in [0, 0.05) is 12.1 Å². The standard InChI is InChI=1S/C13H19NO4/c1-9(2)13(4,15)8-18-12-6-5-11(14(16)17)7-10(12)3/h5-7,9,15H,8H2,1-4H3. The van der Waals surface area contributed by atoms with Crippen molar-refractivity contribution in [3.05, 3.63) is 33.9 Å². The molecule has 5 heteroatoms. The lowest BCUT2D eigenvalue weighted by Crippen LogP contribution is -2.37. The van der Waals surface area contributed by atoms with Crippen molar-refractivity contribution in [3.8, 4) is 5.75 Å². The molecule has 0 saturated heterocycles. The number of non-ortho nitro benzene ring substituents is 1. The summed E-state index contributed by atoms with van der Waals surface area (Å²) in [5, 5.41) is 20.6. The van der Waals surface area contributed by atoms with E-state index in [2.05, 4.69) is 0 Å². The average molecular weight is 253 g/mol. The zero-order valence-corrected chi connectivity index (χ0v) is 11.1. The van der Waals surface area contributed by atoms with E-state index in [1.807, 2.05) is 13.8 Å². The third kappa shape index (κ3) is 3.43. The normalized spacial score (nSPS) is 14.3. The Hall–Kier alpha value is -1.62. The second-order valence-electron chi connectivity index (χ2n) is 5.01. The first kappa shape index (κ1) is 14.4. The Balaban J connectivity index is 2.78. The Bertz CT molecular complexity index is 441. The molecule has 0 heterocycles. The summed E-state index contributed by atoms with van der Waals surface area (Å²) < 4.78 is 5.53. The molecule has 0 bridgehead atoms. The molecule has 5 nitrogen and oxygen atoms in total. The summed E-state index contributed by atoms with van der Waals surface area (Å²) in [7, 11) is 0. The minimum Gasteiger partial charge on any atom is -0.490 e. The Morgan fingerprint density at radius 3 is 2.56 bits per heavy atom. The fourth-order valence-electron chi connectivity index (χ4n) is 1.30. The largest absolute Gasteiger partial charge is 0.490 e. The first-order valence-electron chi connectivity index (χ1n) is 5.84. The molecular formula is C13H19NO4. The van der Waals surface area contributed by atoms with Crippen LogP contribution in [-0.2, 0) is 0 Å². The number of benzene rings is 1. The van der Waals surface area contributed by atoms with E-state index in [0.717, 1.165) is 0 Å². The van der Waals surface area contributed by atoms with Gasteiger partial charge in [-0.3, -0.25) is 10.1 Å². The summed E-state index contributed by atoms with van der Waals surface area (Å²) in [6, 6.07) is 4.41. The number of nitrogens with zero attached hydrogens (tertiary/aromatic N) is 1. The third-order valence-corrected chi connectivity index (χ3v) is 3.13. The number of hydrogen-bond donors (Lipinski definition) is 1. The predicted molar refractivity (Wildman–Crippen MR) is 68.8 cm³/mol. The van der Waals surface area contributed by atoms with Crippen LogP contribution in [0.2, 0.25) is 0 Å². The Labute approximate surface area is 107 Å². The van der Waals surface area contributed by atoms with Gasteiger partial charge in [-0.1, -0.05) is 13.8 Å². The molecule has 0 radical (unpaired) electrons. The van der Waals surface area contributed by atoms with E-state index in [1.54, 1.807) is 19.9 Å². The summed E-state index contributed by atoms with van der Waals surface area (Å²) in [5.74, 6) is 0.623. The lowest BCUT2D eigenvalue weighted by molar-refractivity contribution is -0.384. The second kappa shape index (κ2) is 5.35. The molecule has 1 unspecified atom stereocenters. The molecule has 0 spiro atoms. The highest BCUT2D eigenvalue weighted by molar-refractivity contribution is 5.42. The van der Waals surface area contributed by atoms with Crippen LogP contribution in [0.1, 0.15) is 26.3 Å². The monoisotopic (exact) mass is 253 g/mol. The fourth-order valence-corrected chi connectivity index (χ4v) is 1.30. The predicted octanol–water partition coefficient (Wildman–Crippen LogP) is 2.69. The Kier molecular flexibility index (Phi) is 4.29. The number of aryl methyl sites for hydroxylation is 1. The van der Waals surface area contributed by atoms with Gasteiger partial charge in [-0.2, -0.15) is 0 Å². The van der Waals surface area contributed by atoms with Crippen LogP contribution in [-0.4, -0.2) is 22.2 Å². The number of hydrogen-bond acceptors (Lipinski definition) is 4. The van der Waals surface area contributed by atoms with Gasteiger partial charge < -0.3 is 9.84 Å². The van der Waals surface area contributed by atoms with Crippen molar-refractivity contribution in [1.82, 2.24) is 0 Å². The van der Waals surface area contributed by atoms with Crippen LogP contribution in [0.5, 0.6) is 5.75 Å². The summed E-state index contributed by atoms with van der Waals surface area (Å²) >= 11 is 0. The molecule has 0 aromatic heterocycles. The molecule has 0 amide bonds. The van der Waals surface area contributed by atoms with Crippen LogP contribution in [0.3, 0.4) is 0 Å². The van der Waals surface area contributed by atoms with Gasteiger partial charge in [0.05, 0.1) is 10.5 Å². The number of ether oxygens (including phenoxy) is 1. The minimum absolute atomic E-state index is 0.0375. The number of nitro benzene ring substituents is 1. The molecule has 18 heavy (non-hydrogen) atoms. The van der Waals surface area contributed by atoms with Gasteiger partial charge in [0.25, 0.3) is 5.69 Å². The molecule has 0 aliphatic carbocycles. The van der Waals surface area contributed by atoms with Crippen LogP contribution in [0.25, 0.3) is 0 Å². The first-order chi connectivity index (χ1) is 8.24. The van der Waals surface area contributed by atoms with Crippen LogP contribution >= 0.6 is 0 Å². The molecule has 1 N–H and O–H groups in total. The molecule has 0 aliphatic rings. The molecule has 0 aliphatic heterocycles. The molecule has 0 fully saturated rings. The summed E-state index contributed by atoms with van der Waals surface area (Å²) in [6.07, 6.45) is 0. The maximum Gasteiger partial charge on any atom is 0.269 e. The molecule has 1 aromatic carbocycles. The molecule has 1 atom stereocenters. The van der Waals surface area contributed by atoms with Crippen molar-refractivity contribution in [2.45, 2.75) is 33.3 Å². The maximum atomic E-state index is 10.6. The smallest absolute Gasteiger partial charge is 0.269 e. The van der Waals surface area contributed by atoms with Crippen LogP contribution < -0.4 is 4.74 Å². The maximum absolute atomic E-state index is 10.6. The highest BCUT2D eigenvalue weighted by Gasteiger charge is 2.26. The van der Waals surface area contributed by atoms with Gasteiger partial charge in [0.2, 0.25) is 0 Å². The SMILES string of the molecule is Cc1cc([N+](=O)[O-])ccc1OCC(C)(O)C(C)C. The van der Waals surface area contributed by atoms with Crippen LogP contribution in [0.4, 0.5) is 5.69 Å². The minimum atomic E-state index is -0.922. The van der Waals surface area contributed by atoms with Gasteiger partial charge in [0.15, 0.2) is 0 Å². The van der Waals surface area contributed by atoms with Gasteiger partial charge in [0.1, 0.15) is 12.4 Å². The highest BCUT2D eigenvalue weighted by Crippen LogP contribution is 2.25. The summed E-state index contributed by atoms with van der Waals surface area (Å²) in [4.78, 5) is 10.2. The number of nitro groups is 1. The molecule has 1 rings (SSSR count). The van der Waals surface area contributed by atoms with Crippen molar-refractivity contribution < 1.29 is 14.8 Å². The topological polar surface area (TPSA) is 72.6 Å². The highest BCUT2D eigenvalue weighted by atomic mass is 16.6. The molecule has 100 valence electrons. The lowest BCUT2D eigenvalue weighted by Gasteiger charge is -2.27. The van der Waals surface area contributed by atoms with E-state index < -0.39 is 10.5 Å². The number of rotatable bonds is 5. The van der Waals surface area contributed by atoms with Gasteiger partial charge in [-0.15, -0.1) is 0 Å². The average Bonchev–Trinajstić information content (AvgIpc) is 2.26. The molecule has 1 aromatic rings. The van der Waals surface area contributed by atoms with Crippen LogP contribution in [0.15, 0.2) is 18.2 Å². The second-order valence-corrected chi connectivity index (χ2v) is 5.01. The van der Waals surface area contributed by atoms with Gasteiger partial charge in [-0.05, 0) is 31.4 Å². The lowest BCUT2D eigenvalue weighted by atomic mass is 9.94. The van der Waals surface area contributed by atoms with Crippen molar-refractivity contribution in [3.63, 3.8) is 0 Å². The van der Waals surface area contributed by atoms with Gasteiger partial charge >= 0.3 is 0 Å². The Morgan fingerprint density at radius 1 is 1.50 bits per heavy atom. The third-order valence-electron chi connectivity index (χ3n) is 3.13. The van der Waals surface area contributed by atoms with Crippen molar-refractivity contribution in [1.29, 1.82) is 0 Å². The van der Waals surface area contributed by atoms with E-state index in [9.17, 15) is 15.2 Å². The van der Waals surface area contributed by atoms with Crippen molar-refractivity contribution in [2.24, 2.45) is 5.92 Å². The molecule has 0 saturated carbocycles. The first-order valence-corrected chi connectivity index (χ1v) is 5.84. The quantitative estimate of drug-likeness (QED) is 0.646. The van der Waals surface area contributed by atoms with Crippen molar-refractivity contribution in [2.75, 3.05) is 6.61 Å². The van der Waals surface area contributed by atoms with E-state index in [0.29, 0.717) is 11.3 Å². The summed E-state index contributed by atoms with van der Waals surface area (Å²) in [6.45, 7) is 7.42. The number of aliphatic hydroxyl groups is 1. The summed E-state index contributed by atoms with van der Waals surface area (Å²) in [5.41, 5.74) is -0.201. The Morgan fingerprint density at radius 2 is 2.11 bits per heavy atom. The van der Waals surface area contributed by atoms with E-state index in [-0.39, 0.29) is 18.2 Å². The van der Waals surface area contributed by atoms with Gasteiger partial charge in [-0.25, -0.2) is 0 Å². The fraction of sp³-hybridized carbons (Fsp3) is 0.538. The zero-order valence-electron chi connectivity index (χ0n) is 11.1. The van der Waals surface area contributed by atoms with E-state index >= 15 is 0 Å².